The van der Waals surface area contributed by atoms with Gasteiger partial charge in [-0.05, 0) is 31.0 Å². The van der Waals surface area contributed by atoms with Crippen LogP contribution in [0.2, 0.25) is 0 Å². The number of hydrogen-bond acceptors (Lipinski definition) is 8. The minimum absolute atomic E-state index is 0.0769. The molecule has 0 saturated carbocycles. The van der Waals surface area contributed by atoms with Gasteiger partial charge in [-0.3, -0.25) is 9.59 Å². The van der Waals surface area contributed by atoms with Crippen molar-refractivity contribution < 1.29 is 23.8 Å². The molecule has 3 aliphatic rings. The molecule has 0 spiro atoms. The lowest BCUT2D eigenvalue weighted by atomic mass is 9.75. The van der Waals surface area contributed by atoms with Gasteiger partial charge in [0.2, 0.25) is 18.4 Å². The van der Waals surface area contributed by atoms with E-state index in [0.29, 0.717) is 35.0 Å². The number of piperazine rings is 1. The van der Waals surface area contributed by atoms with Gasteiger partial charge in [-0.1, -0.05) is 28.5 Å². The van der Waals surface area contributed by atoms with Crippen LogP contribution in [-0.2, 0) is 9.59 Å². The lowest BCUT2D eigenvalue weighted by Crippen LogP contribution is -2.66. The van der Waals surface area contributed by atoms with Gasteiger partial charge in [0.05, 0.1) is 24.6 Å². The van der Waals surface area contributed by atoms with E-state index in [1.54, 1.807) is 31.0 Å². The molecule has 4 rings (SSSR count). The van der Waals surface area contributed by atoms with Crippen LogP contribution in [0.3, 0.4) is 0 Å². The first-order valence-electron chi connectivity index (χ1n) is 9.58. The molecule has 2 unspecified atom stereocenters. The molecule has 2 saturated heterocycles. The molecule has 1 aromatic carbocycles. The van der Waals surface area contributed by atoms with Gasteiger partial charge in [0.15, 0.2) is 16.4 Å². The topological polar surface area (TPSA) is 92.1 Å². The summed E-state index contributed by atoms with van der Waals surface area (Å²) in [7, 11) is 5.99. The Morgan fingerprint density at radius 1 is 1.37 bits per heavy atom. The van der Waals surface area contributed by atoms with Gasteiger partial charge < -0.3 is 24.0 Å². The van der Waals surface area contributed by atoms with Crippen LogP contribution in [-0.4, -0.2) is 59.7 Å². The van der Waals surface area contributed by atoms with E-state index in [9.17, 15) is 14.9 Å². The molecule has 0 N–H and O–H groups in total. The fourth-order valence-electron chi connectivity index (χ4n) is 4.17. The molecule has 10 heteroatoms. The largest absolute Gasteiger partial charge is 0.493 e. The Hall–Kier alpha value is -2.25. The second kappa shape index (κ2) is 7.46. The summed E-state index contributed by atoms with van der Waals surface area (Å²) in [5, 5.41) is 10.3. The predicted molar refractivity (Wildman–Crippen MR) is 113 cm³/mol. The molecule has 2 amide bonds. The second-order valence-corrected chi connectivity index (χ2v) is 10.4. The zero-order valence-corrected chi connectivity index (χ0v) is 18.9. The Balaban J connectivity index is 1.92. The van der Waals surface area contributed by atoms with Gasteiger partial charge in [-0.25, -0.2) is 0 Å². The molecule has 0 radical (unpaired) electrons. The van der Waals surface area contributed by atoms with Crippen molar-refractivity contribution in [1.82, 2.24) is 9.80 Å². The highest BCUT2D eigenvalue weighted by atomic mass is 33.1. The van der Waals surface area contributed by atoms with Crippen LogP contribution >= 0.6 is 21.6 Å². The van der Waals surface area contributed by atoms with Crippen molar-refractivity contribution in [3.8, 4) is 23.3 Å². The number of methoxy groups -OCH3 is 1. The number of rotatable bonds is 3. The van der Waals surface area contributed by atoms with Crippen LogP contribution in [0.5, 0.6) is 17.2 Å². The Labute approximate surface area is 183 Å². The fraction of sp³-hybridized carbons (Fsp3) is 0.550. The molecule has 8 nitrogen and oxygen atoms in total. The maximum Gasteiger partial charge on any atom is 0.260 e. The van der Waals surface area contributed by atoms with E-state index >= 15 is 0 Å². The smallest absolute Gasteiger partial charge is 0.260 e. The number of nitrogens with zero attached hydrogens (tertiary/aromatic N) is 3. The minimum atomic E-state index is -1.03. The number of ether oxygens (including phenoxy) is 3. The second-order valence-electron chi connectivity index (χ2n) is 7.70. The maximum atomic E-state index is 13.7. The van der Waals surface area contributed by atoms with Crippen molar-refractivity contribution in [2.24, 2.45) is 5.41 Å². The first-order valence-corrected chi connectivity index (χ1v) is 11.9. The van der Waals surface area contributed by atoms with Crippen LogP contribution in [0.15, 0.2) is 12.1 Å². The average molecular weight is 450 g/mol. The third-order valence-corrected chi connectivity index (χ3v) is 9.40. The average Bonchev–Trinajstić information content (AvgIpc) is 3.22. The molecule has 1 aromatic rings. The van der Waals surface area contributed by atoms with Gasteiger partial charge in [0, 0.05) is 12.8 Å². The van der Waals surface area contributed by atoms with E-state index in [2.05, 4.69) is 6.07 Å². The first-order chi connectivity index (χ1) is 14.3. The summed E-state index contributed by atoms with van der Waals surface area (Å²) in [6.07, 6.45) is 0.517. The summed E-state index contributed by atoms with van der Waals surface area (Å²) in [6, 6.07) is 5.43. The molecule has 0 aliphatic carbocycles. The van der Waals surface area contributed by atoms with Gasteiger partial charge in [0.25, 0.3) is 5.91 Å². The maximum absolute atomic E-state index is 13.7. The fourth-order valence-corrected chi connectivity index (χ4v) is 7.55. The normalized spacial score (nSPS) is 30.6. The number of nitriles is 1. The van der Waals surface area contributed by atoms with E-state index in [1.807, 2.05) is 6.92 Å². The third-order valence-electron chi connectivity index (χ3n) is 6.20. The number of carbonyl (C=O) groups excluding carboxylic acids is 2. The molecule has 30 heavy (non-hydrogen) atoms. The summed E-state index contributed by atoms with van der Waals surface area (Å²) in [4.78, 5) is 28.5. The summed E-state index contributed by atoms with van der Waals surface area (Å²) in [6.45, 7) is 3.70. The highest BCUT2D eigenvalue weighted by Gasteiger charge is 2.56. The zero-order chi connectivity index (χ0) is 21.7. The van der Waals surface area contributed by atoms with Crippen LogP contribution in [0, 0.1) is 16.7 Å². The number of fused-ring (bicyclic) bond motifs is 3. The Kier molecular flexibility index (Phi) is 5.22. The Morgan fingerprint density at radius 2 is 2.13 bits per heavy atom. The van der Waals surface area contributed by atoms with Crippen LogP contribution in [0.1, 0.15) is 31.9 Å². The van der Waals surface area contributed by atoms with Crippen molar-refractivity contribution in [3.05, 3.63) is 17.7 Å². The molecule has 2 bridgehead atoms. The van der Waals surface area contributed by atoms with Crippen LogP contribution in [0.4, 0.5) is 0 Å². The number of amides is 2. The standard InChI is InChI=1S/C20H23N3O5S2/c1-5-20(9-21)10-29-30-19(2)18(25)23(8-15(24)22(19)3)17(20)12-6-13(26-4)16-14(7-12)27-11-28-16/h6-7,17H,5,8,10-11H2,1-4H3/t17?,19?,20-/m0/s1. The third kappa shape index (κ3) is 2.90. The Morgan fingerprint density at radius 3 is 2.80 bits per heavy atom. The lowest BCUT2D eigenvalue weighted by Gasteiger charge is -2.52. The molecule has 160 valence electrons. The van der Waals surface area contributed by atoms with Crippen molar-refractivity contribution >= 4 is 33.4 Å². The van der Waals surface area contributed by atoms with Gasteiger partial charge in [-0.15, -0.1) is 0 Å². The highest BCUT2D eigenvalue weighted by Crippen LogP contribution is 2.55. The monoisotopic (exact) mass is 449 g/mol. The van der Waals surface area contributed by atoms with E-state index in [1.165, 1.54) is 33.6 Å². The highest BCUT2D eigenvalue weighted by molar-refractivity contribution is 8.77. The predicted octanol–water partition coefficient (Wildman–Crippen LogP) is 2.80. The molecule has 3 aliphatic heterocycles. The molecule has 0 aromatic heterocycles. The van der Waals surface area contributed by atoms with E-state index in [-0.39, 0.29) is 25.2 Å². The molecular formula is C20H23N3O5S2. The Bertz CT molecular complexity index is 951. The van der Waals surface area contributed by atoms with Gasteiger partial charge in [-0.2, -0.15) is 5.26 Å². The molecule has 2 fully saturated rings. The number of likely N-dealkylation sites (N-methyl/N-ethyl adjacent to an activating group) is 1. The van der Waals surface area contributed by atoms with Crippen molar-refractivity contribution in [2.75, 3.05) is 33.2 Å². The summed E-state index contributed by atoms with van der Waals surface area (Å²) in [5.41, 5.74) is -0.191. The summed E-state index contributed by atoms with van der Waals surface area (Å²) in [5.74, 6) is 1.65. The molecular weight excluding hydrogens is 426 g/mol. The van der Waals surface area contributed by atoms with Crippen molar-refractivity contribution in [2.45, 2.75) is 31.2 Å². The van der Waals surface area contributed by atoms with Crippen molar-refractivity contribution in [3.63, 3.8) is 0 Å². The zero-order valence-electron chi connectivity index (χ0n) is 17.3. The molecule has 3 atom stereocenters. The number of carbonyl (C=O) groups is 2. The van der Waals surface area contributed by atoms with Crippen LogP contribution in [0.25, 0.3) is 0 Å². The van der Waals surface area contributed by atoms with Gasteiger partial charge >= 0.3 is 0 Å². The van der Waals surface area contributed by atoms with Gasteiger partial charge in [0.1, 0.15) is 6.54 Å². The van der Waals surface area contributed by atoms with E-state index < -0.39 is 16.3 Å². The van der Waals surface area contributed by atoms with E-state index in [4.69, 9.17) is 14.2 Å². The lowest BCUT2D eigenvalue weighted by molar-refractivity contribution is -0.160. The molecule has 3 heterocycles. The number of benzene rings is 1. The van der Waals surface area contributed by atoms with Crippen molar-refractivity contribution in [1.29, 1.82) is 5.26 Å². The number of hydrogen-bond donors (Lipinski definition) is 0. The minimum Gasteiger partial charge on any atom is -0.493 e. The van der Waals surface area contributed by atoms with Crippen LogP contribution < -0.4 is 14.2 Å². The summed E-state index contributed by atoms with van der Waals surface area (Å²) < 4.78 is 16.6. The quantitative estimate of drug-likeness (QED) is 0.651. The van der Waals surface area contributed by atoms with E-state index in [0.717, 1.165) is 0 Å². The SMILES string of the molecule is CC[C@]1(C#N)CSSC2(C)C(=O)N(CC(=O)N2C)C1c1cc(OC)c2c(c1)OCO2. The summed E-state index contributed by atoms with van der Waals surface area (Å²) >= 11 is 0. The first kappa shape index (κ1) is 21.0.